The fourth-order valence-corrected chi connectivity index (χ4v) is 3.47. The smallest absolute Gasteiger partial charge is 0.261 e. The molecule has 0 saturated carbocycles. The highest BCUT2D eigenvalue weighted by molar-refractivity contribution is 6.39. The summed E-state index contributed by atoms with van der Waals surface area (Å²) >= 11 is 12.1. The van der Waals surface area contributed by atoms with Gasteiger partial charge in [-0.1, -0.05) is 29.3 Å². The first kappa shape index (κ1) is 20.8. The Balaban J connectivity index is 1.77. The number of likely N-dealkylation sites (N-methyl/N-ethyl adjacent to an activating group) is 1. The number of anilines is 1. The second kappa shape index (κ2) is 8.23. The van der Waals surface area contributed by atoms with Gasteiger partial charge in [-0.15, -0.1) is 0 Å². The molecule has 29 heavy (non-hydrogen) atoms. The van der Waals surface area contributed by atoms with E-state index in [0.29, 0.717) is 0 Å². The molecule has 0 aliphatic carbocycles. The van der Waals surface area contributed by atoms with E-state index < -0.39 is 23.6 Å². The SMILES string of the molecule is CCN(CC(=O)Nc1c(Cl)cccc1Cl)C(=O)c1ccc2c(c1)C(=O)N(C)C2=O. The van der Waals surface area contributed by atoms with Gasteiger partial charge < -0.3 is 10.2 Å². The molecular weight excluding hydrogens is 417 g/mol. The van der Waals surface area contributed by atoms with E-state index in [1.54, 1.807) is 25.1 Å². The number of hydrogen-bond acceptors (Lipinski definition) is 4. The minimum atomic E-state index is -0.470. The molecule has 2 aromatic carbocycles. The summed E-state index contributed by atoms with van der Waals surface area (Å²) in [5.74, 6) is -1.78. The molecule has 1 heterocycles. The van der Waals surface area contributed by atoms with Crippen LogP contribution in [-0.4, -0.2) is 53.6 Å². The monoisotopic (exact) mass is 433 g/mol. The van der Waals surface area contributed by atoms with Gasteiger partial charge >= 0.3 is 0 Å². The number of nitrogens with one attached hydrogen (secondary N) is 1. The van der Waals surface area contributed by atoms with Crippen molar-refractivity contribution in [3.8, 4) is 0 Å². The van der Waals surface area contributed by atoms with Gasteiger partial charge in [-0.05, 0) is 37.3 Å². The van der Waals surface area contributed by atoms with Gasteiger partial charge in [0.05, 0.1) is 26.9 Å². The van der Waals surface area contributed by atoms with Crippen molar-refractivity contribution in [1.82, 2.24) is 9.80 Å². The average Bonchev–Trinajstić information content (AvgIpc) is 2.92. The molecule has 0 fully saturated rings. The van der Waals surface area contributed by atoms with Crippen molar-refractivity contribution in [2.45, 2.75) is 6.92 Å². The van der Waals surface area contributed by atoms with Crippen LogP contribution in [0.2, 0.25) is 10.0 Å². The summed E-state index contributed by atoms with van der Waals surface area (Å²) in [6, 6.07) is 9.13. The van der Waals surface area contributed by atoms with Crippen LogP contribution in [0.25, 0.3) is 0 Å². The molecule has 0 radical (unpaired) electrons. The predicted octanol–water partition coefficient (Wildman–Crippen LogP) is 3.32. The summed E-state index contributed by atoms with van der Waals surface area (Å²) in [5, 5.41) is 3.17. The Bertz CT molecular complexity index is 1020. The molecule has 0 saturated heterocycles. The van der Waals surface area contributed by atoms with Crippen LogP contribution in [0.5, 0.6) is 0 Å². The maximum absolute atomic E-state index is 12.9. The molecule has 0 unspecified atom stereocenters. The Morgan fingerprint density at radius 2 is 1.66 bits per heavy atom. The lowest BCUT2D eigenvalue weighted by atomic mass is 10.0. The number of imide groups is 1. The van der Waals surface area contributed by atoms with Crippen LogP contribution in [0, 0.1) is 0 Å². The van der Waals surface area contributed by atoms with Crippen molar-refractivity contribution in [1.29, 1.82) is 0 Å². The number of halogens is 2. The van der Waals surface area contributed by atoms with E-state index in [1.807, 2.05) is 0 Å². The van der Waals surface area contributed by atoms with Crippen LogP contribution in [0.4, 0.5) is 5.69 Å². The second-order valence-corrected chi connectivity index (χ2v) is 7.21. The highest BCUT2D eigenvalue weighted by Crippen LogP contribution is 2.29. The van der Waals surface area contributed by atoms with Crippen molar-refractivity contribution < 1.29 is 19.2 Å². The van der Waals surface area contributed by atoms with Crippen molar-refractivity contribution in [3.63, 3.8) is 0 Å². The lowest BCUT2D eigenvalue weighted by Crippen LogP contribution is -2.38. The Labute approximate surface area is 177 Å². The fraction of sp³-hybridized carbons (Fsp3) is 0.200. The second-order valence-electron chi connectivity index (χ2n) is 6.39. The van der Waals surface area contributed by atoms with Crippen molar-refractivity contribution in [2.75, 3.05) is 25.5 Å². The third-order valence-electron chi connectivity index (χ3n) is 4.57. The third kappa shape index (κ3) is 3.97. The zero-order chi connectivity index (χ0) is 21.3. The first-order chi connectivity index (χ1) is 13.7. The standard InChI is InChI=1S/C20H17Cl2N3O4/c1-3-25(10-16(26)23-17-14(21)5-4-6-15(17)22)18(27)11-7-8-12-13(9-11)20(29)24(2)19(12)28/h4-9H,3,10H2,1-2H3,(H,23,26). The zero-order valence-electron chi connectivity index (χ0n) is 15.7. The van der Waals surface area contributed by atoms with Crippen molar-refractivity contribution >= 4 is 52.5 Å². The van der Waals surface area contributed by atoms with Crippen molar-refractivity contribution in [3.05, 3.63) is 63.1 Å². The molecule has 1 N–H and O–H groups in total. The van der Waals surface area contributed by atoms with Gasteiger partial charge in [-0.3, -0.25) is 24.1 Å². The summed E-state index contributed by atoms with van der Waals surface area (Å²) in [5.41, 5.74) is 0.912. The van der Waals surface area contributed by atoms with Crippen LogP contribution in [0.1, 0.15) is 38.0 Å². The number of nitrogens with zero attached hydrogens (tertiary/aromatic N) is 2. The topological polar surface area (TPSA) is 86.8 Å². The molecule has 0 aromatic heterocycles. The van der Waals surface area contributed by atoms with E-state index >= 15 is 0 Å². The van der Waals surface area contributed by atoms with E-state index in [2.05, 4.69) is 5.32 Å². The number of fused-ring (bicyclic) bond motifs is 1. The van der Waals surface area contributed by atoms with Gasteiger partial charge in [0.1, 0.15) is 6.54 Å². The number of benzene rings is 2. The van der Waals surface area contributed by atoms with Crippen LogP contribution in [0.15, 0.2) is 36.4 Å². The molecule has 0 atom stereocenters. The largest absolute Gasteiger partial charge is 0.330 e. The molecule has 150 valence electrons. The quantitative estimate of drug-likeness (QED) is 0.732. The van der Waals surface area contributed by atoms with E-state index in [-0.39, 0.29) is 45.5 Å². The lowest BCUT2D eigenvalue weighted by Gasteiger charge is -2.21. The van der Waals surface area contributed by atoms with Crippen LogP contribution >= 0.6 is 23.2 Å². The minimum absolute atomic E-state index is 0.173. The number of amides is 4. The highest BCUT2D eigenvalue weighted by atomic mass is 35.5. The molecule has 7 nitrogen and oxygen atoms in total. The molecule has 2 aromatic rings. The number of hydrogen-bond donors (Lipinski definition) is 1. The minimum Gasteiger partial charge on any atom is -0.330 e. The summed E-state index contributed by atoms with van der Waals surface area (Å²) < 4.78 is 0. The van der Waals surface area contributed by atoms with E-state index in [1.165, 1.54) is 30.1 Å². The maximum atomic E-state index is 12.9. The normalized spacial score (nSPS) is 12.8. The van der Waals surface area contributed by atoms with Gasteiger partial charge in [-0.2, -0.15) is 0 Å². The summed E-state index contributed by atoms with van der Waals surface area (Å²) in [4.78, 5) is 51.7. The van der Waals surface area contributed by atoms with Gasteiger partial charge in [0, 0.05) is 19.2 Å². The maximum Gasteiger partial charge on any atom is 0.261 e. The molecule has 1 aliphatic rings. The Morgan fingerprint density at radius 1 is 1.03 bits per heavy atom. The van der Waals surface area contributed by atoms with Crippen LogP contribution < -0.4 is 5.32 Å². The first-order valence-electron chi connectivity index (χ1n) is 8.74. The lowest BCUT2D eigenvalue weighted by molar-refractivity contribution is -0.116. The summed E-state index contributed by atoms with van der Waals surface area (Å²) in [7, 11) is 1.38. The van der Waals surface area contributed by atoms with Crippen LogP contribution in [-0.2, 0) is 4.79 Å². The molecule has 0 spiro atoms. The number of para-hydroxylation sites is 1. The Hall–Kier alpha value is -2.90. The van der Waals surface area contributed by atoms with Gasteiger partial charge in [0.15, 0.2) is 0 Å². The third-order valence-corrected chi connectivity index (χ3v) is 5.20. The van der Waals surface area contributed by atoms with E-state index in [4.69, 9.17) is 23.2 Å². The number of carbonyl (C=O) groups is 4. The van der Waals surface area contributed by atoms with E-state index in [0.717, 1.165) is 4.90 Å². The van der Waals surface area contributed by atoms with Gasteiger partial charge in [0.2, 0.25) is 5.91 Å². The summed E-state index contributed by atoms with van der Waals surface area (Å²) in [6.07, 6.45) is 0. The molecule has 3 rings (SSSR count). The summed E-state index contributed by atoms with van der Waals surface area (Å²) in [6.45, 7) is 1.75. The molecule has 9 heteroatoms. The van der Waals surface area contributed by atoms with Crippen molar-refractivity contribution in [2.24, 2.45) is 0 Å². The Kier molecular flexibility index (Phi) is 5.91. The highest BCUT2D eigenvalue weighted by Gasteiger charge is 2.33. The first-order valence-corrected chi connectivity index (χ1v) is 9.49. The van der Waals surface area contributed by atoms with Crippen LogP contribution in [0.3, 0.4) is 0 Å². The fourth-order valence-electron chi connectivity index (χ4n) is 2.97. The van der Waals surface area contributed by atoms with Gasteiger partial charge in [0.25, 0.3) is 17.7 Å². The molecule has 0 bridgehead atoms. The number of rotatable bonds is 5. The molecular formula is C20H17Cl2N3O4. The van der Waals surface area contributed by atoms with Gasteiger partial charge in [-0.25, -0.2) is 0 Å². The average molecular weight is 434 g/mol. The number of carbonyl (C=O) groups excluding carboxylic acids is 4. The molecule has 1 aliphatic heterocycles. The molecule has 4 amide bonds. The predicted molar refractivity (Wildman–Crippen MR) is 110 cm³/mol. The van der Waals surface area contributed by atoms with E-state index in [9.17, 15) is 19.2 Å². The zero-order valence-corrected chi connectivity index (χ0v) is 17.2. The Morgan fingerprint density at radius 3 is 2.28 bits per heavy atom.